The van der Waals surface area contributed by atoms with Crippen LogP contribution in [0.2, 0.25) is 10.0 Å². The van der Waals surface area contributed by atoms with Crippen LogP contribution in [0, 0.1) is 0 Å². The summed E-state index contributed by atoms with van der Waals surface area (Å²) in [5.74, 6) is 0. The first-order chi connectivity index (χ1) is 8.17. The van der Waals surface area contributed by atoms with Crippen molar-refractivity contribution in [1.82, 2.24) is 4.57 Å². The maximum atomic E-state index is 6.28. The predicted molar refractivity (Wildman–Crippen MR) is 75.7 cm³/mol. The van der Waals surface area contributed by atoms with Crippen LogP contribution in [-0.4, -0.2) is 4.57 Å². The van der Waals surface area contributed by atoms with Crippen LogP contribution in [0.1, 0.15) is 12.6 Å². The molecule has 3 heteroatoms. The molecule has 1 heterocycles. The molecule has 2 aromatic rings. The molecule has 0 unspecified atom stereocenters. The largest absolute Gasteiger partial charge is 0.340 e. The Bertz CT molecular complexity index is 538. The number of hydrogen-bond donors (Lipinski definition) is 0. The van der Waals surface area contributed by atoms with E-state index in [9.17, 15) is 0 Å². The maximum Gasteiger partial charge on any atom is 0.0674 e. The Labute approximate surface area is 111 Å². The van der Waals surface area contributed by atoms with Gasteiger partial charge in [-0.25, -0.2) is 0 Å². The van der Waals surface area contributed by atoms with E-state index < -0.39 is 0 Å². The quantitative estimate of drug-likeness (QED) is 0.726. The monoisotopic (exact) mass is 265 g/mol. The molecule has 17 heavy (non-hydrogen) atoms. The van der Waals surface area contributed by atoms with Crippen LogP contribution in [0.5, 0.6) is 0 Å². The fraction of sp³-hybridized carbons (Fsp3) is 0.143. The fourth-order valence-electron chi connectivity index (χ4n) is 1.95. The van der Waals surface area contributed by atoms with Gasteiger partial charge in [0.2, 0.25) is 0 Å². The Balaban J connectivity index is 2.61. The average molecular weight is 266 g/mol. The second kappa shape index (κ2) is 4.99. The minimum atomic E-state index is 0.725. The van der Waals surface area contributed by atoms with E-state index in [1.165, 1.54) is 0 Å². The maximum absolute atomic E-state index is 6.28. The molecule has 0 bridgehead atoms. The lowest BCUT2D eigenvalue weighted by molar-refractivity contribution is 0.769. The zero-order chi connectivity index (χ0) is 12.4. The Kier molecular flexibility index (Phi) is 3.60. The zero-order valence-electron chi connectivity index (χ0n) is 9.58. The van der Waals surface area contributed by atoms with Gasteiger partial charge < -0.3 is 4.57 Å². The normalized spacial score (nSPS) is 10.5. The highest BCUT2D eigenvalue weighted by atomic mass is 35.5. The van der Waals surface area contributed by atoms with Gasteiger partial charge in [-0.05, 0) is 36.8 Å². The summed E-state index contributed by atoms with van der Waals surface area (Å²) in [5, 5.41) is 1.47. The molecule has 0 aliphatic carbocycles. The predicted octanol–water partition coefficient (Wildman–Crippen LogP) is 5.12. The van der Waals surface area contributed by atoms with Crippen LogP contribution in [0.4, 0.5) is 0 Å². The van der Waals surface area contributed by atoms with Crippen molar-refractivity contribution >= 4 is 29.3 Å². The number of rotatable bonds is 3. The second-order valence-corrected chi connectivity index (χ2v) is 4.56. The Hall–Kier alpha value is -1.18. The highest BCUT2D eigenvalue weighted by Gasteiger charge is 2.12. The summed E-state index contributed by atoms with van der Waals surface area (Å²) >= 11 is 12.2. The molecule has 1 aromatic heterocycles. The van der Waals surface area contributed by atoms with Crippen molar-refractivity contribution in [3.05, 3.63) is 52.6 Å². The number of aromatic nitrogens is 1. The van der Waals surface area contributed by atoms with Crippen molar-refractivity contribution in [1.29, 1.82) is 0 Å². The van der Waals surface area contributed by atoms with Crippen molar-refractivity contribution in [3.63, 3.8) is 0 Å². The Morgan fingerprint density at radius 2 is 1.88 bits per heavy atom. The van der Waals surface area contributed by atoms with Gasteiger partial charge in [-0.15, -0.1) is 0 Å². The summed E-state index contributed by atoms with van der Waals surface area (Å²) in [6, 6.07) is 9.62. The summed E-state index contributed by atoms with van der Waals surface area (Å²) in [5.41, 5.74) is 3.11. The molecule has 0 saturated carbocycles. The van der Waals surface area contributed by atoms with Crippen LogP contribution >= 0.6 is 23.2 Å². The first-order valence-corrected chi connectivity index (χ1v) is 6.20. The highest BCUT2D eigenvalue weighted by Crippen LogP contribution is 2.32. The van der Waals surface area contributed by atoms with E-state index in [1.807, 2.05) is 36.4 Å². The topological polar surface area (TPSA) is 4.93 Å². The summed E-state index contributed by atoms with van der Waals surface area (Å²) in [7, 11) is 0. The zero-order valence-corrected chi connectivity index (χ0v) is 11.1. The van der Waals surface area contributed by atoms with Crippen LogP contribution < -0.4 is 0 Å². The minimum Gasteiger partial charge on any atom is -0.340 e. The van der Waals surface area contributed by atoms with E-state index >= 15 is 0 Å². The Morgan fingerprint density at radius 1 is 1.24 bits per heavy atom. The number of benzene rings is 1. The van der Waals surface area contributed by atoms with Crippen molar-refractivity contribution in [2.75, 3.05) is 0 Å². The molecule has 0 amide bonds. The van der Waals surface area contributed by atoms with Crippen LogP contribution in [-0.2, 0) is 6.54 Å². The second-order valence-electron chi connectivity index (χ2n) is 3.72. The number of nitrogens with zero attached hydrogens (tertiary/aromatic N) is 1. The molecular formula is C14H13Cl2N. The number of hydrogen-bond acceptors (Lipinski definition) is 0. The molecule has 0 radical (unpaired) electrons. The molecule has 0 fully saturated rings. The van der Waals surface area contributed by atoms with E-state index in [0.717, 1.165) is 33.5 Å². The van der Waals surface area contributed by atoms with Crippen LogP contribution in [0.15, 0.2) is 36.9 Å². The summed E-state index contributed by atoms with van der Waals surface area (Å²) in [6.07, 6.45) is 1.81. The molecule has 2 rings (SSSR count). The van der Waals surface area contributed by atoms with Crippen LogP contribution in [0.3, 0.4) is 0 Å². The van der Waals surface area contributed by atoms with E-state index in [0.29, 0.717) is 0 Å². The lowest BCUT2D eigenvalue weighted by Gasteiger charge is -2.09. The summed E-state index contributed by atoms with van der Waals surface area (Å²) in [6.45, 7) is 6.74. The van der Waals surface area contributed by atoms with Crippen LogP contribution in [0.25, 0.3) is 17.3 Å². The molecule has 0 atom stereocenters. The van der Waals surface area contributed by atoms with Gasteiger partial charge in [0.05, 0.1) is 10.7 Å². The third-order valence-electron chi connectivity index (χ3n) is 2.73. The molecule has 0 spiro atoms. The lowest BCUT2D eigenvalue weighted by Crippen LogP contribution is -1.99. The molecule has 1 nitrogen and oxygen atoms in total. The van der Waals surface area contributed by atoms with Crippen molar-refractivity contribution in [2.45, 2.75) is 13.5 Å². The fourth-order valence-corrected chi connectivity index (χ4v) is 2.39. The summed E-state index contributed by atoms with van der Waals surface area (Å²) < 4.78 is 2.14. The van der Waals surface area contributed by atoms with Gasteiger partial charge in [0.15, 0.2) is 0 Å². The van der Waals surface area contributed by atoms with Gasteiger partial charge in [-0.3, -0.25) is 0 Å². The first-order valence-electron chi connectivity index (χ1n) is 5.44. The average Bonchev–Trinajstić information content (AvgIpc) is 2.66. The van der Waals surface area contributed by atoms with E-state index in [-0.39, 0.29) is 0 Å². The molecule has 1 aromatic carbocycles. The molecule has 0 saturated heterocycles. The SMILES string of the molecule is C=Cc1cc(Cl)c(-c2ccc(Cl)cc2)n1CC. The van der Waals surface area contributed by atoms with E-state index in [4.69, 9.17) is 23.2 Å². The molecular weight excluding hydrogens is 253 g/mol. The van der Waals surface area contributed by atoms with Gasteiger partial charge in [0.1, 0.15) is 0 Å². The van der Waals surface area contributed by atoms with E-state index in [2.05, 4.69) is 18.1 Å². The Morgan fingerprint density at radius 3 is 2.41 bits per heavy atom. The number of halogens is 2. The van der Waals surface area contributed by atoms with Crippen molar-refractivity contribution in [2.24, 2.45) is 0 Å². The van der Waals surface area contributed by atoms with Gasteiger partial charge in [0.25, 0.3) is 0 Å². The molecule has 0 aliphatic heterocycles. The van der Waals surface area contributed by atoms with Crippen molar-refractivity contribution < 1.29 is 0 Å². The smallest absolute Gasteiger partial charge is 0.0674 e. The lowest BCUT2D eigenvalue weighted by atomic mass is 10.1. The third-order valence-corrected chi connectivity index (χ3v) is 3.27. The molecule has 88 valence electrons. The van der Waals surface area contributed by atoms with E-state index in [1.54, 1.807) is 0 Å². The standard InChI is InChI=1S/C14H13Cl2N/c1-3-12-9-13(16)14(17(12)4-2)10-5-7-11(15)8-6-10/h3,5-9H,1,4H2,2H3. The first kappa shape index (κ1) is 12.3. The highest BCUT2D eigenvalue weighted by molar-refractivity contribution is 6.33. The van der Waals surface area contributed by atoms with Gasteiger partial charge in [0, 0.05) is 17.3 Å². The molecule has 0 N–H and O–H groups in total. The van der Waals surface area contributed by atoms with Gasteiger partial charge in [-0.2, -0.15) is 0 Å². The summed E-state index contributed by atoms with van der Waals surface area (Å²) in [4.78, 5) is 0. The molecule has 0 aliphatic rings. The van der Waals surface area contributed by atoms with Gasteiger partial charge in [-0.1, -0.05) is 41.9 Å². The minimum absolute atomic E-state index is 0.725. The van der Waals surface area contributed by atoms with Crippen molar-refractivity contribution in [3.8, 4) is 11.3 Å². The third kappa shape index (κ3) is 2.26. The van der Waals surface area contributed by atoms with Gasteiger partial charge >= 0.3 is 0 Å².